The highest BCUT2D eigenvalue weighted by Crippen LogP contribution is 2.35. The average molecular weight is 465 g/mol. The van der Waals surface area contributed by atoms with E-state index in [0.29, 0.717) is 0 Å². The van der Waals surface area contributed by atoms with E-state index in [4.69, 9.17) is 37.9 Å². The lowest BCUT2D eigenvalue weighted by Crippen LogP contribution is -2.25. The number of ether oxygens (including phenoxy) is 2. The van der Waals surface area contributed by atoms with Crippen molar-refractivity contribution in [2.75, 3.05) is 0 Å². The Morgan fingerprint density at radius 1 is 1.29 bits per heavy atom. The van der Waals surface area contributed by atoms with Crippen molar-refractivity contribution in [2.24, 2.45) is 7.05 Å². The molecule has 0 atom stereocenters. The van der Waals surface area contributed by atoms with E-state index < -0.39 is 17.5 Å². The smallest absolute Gasteiger partial charge is 0.348 e. The van der Waals surface area contributed by atoms with Gasteiger partial charge in [0.1, 0.15) is 11.6 Å². The van der Waals surface area contributed by atoms with Crippen LogP contribution in [0.1, 0.15) is 23.9 Å². The number of rotatable bonds is 6. The summed E-state index contributed by atoms with van der Waals surface area (Å²) in [5.41, 5.74) is -0.122. The average Bonchev–Trinajstić information content (AvgIpc) is 2.99. The molecule has 0 amide bonds. The van der Waals surface area contributed by atoms with Gasteiger partial charge in [-0.2, -0.15) is 15.0 Å². The highest BCUT2D eigenvalue weighted by molar-refractivity contribution is 6.32. The van der Waals surface area contributed by atoms with Crippen LogP contribution >= 0.6 is 23.2 Å². The van der Waals surface area contributed by atoms with Crippen LogP contribution in [-0.4, -0.2) is 20.3 Å². The van der Waals surface area contributed by atoms with Gasteiger partial charge in [-0.25, -0.2) is 9.18 Å². The molecule has 0 bridgehead atoms. The molecule has 3 aromatic rings. The lowest BCUT2D eigenvalue weighted by Gasteiger charge is -2.12. The van der Waals surface area contributed by atoms with E-state index in [9.17, 15) is 9.59 Å². The Morgan fingerprint density at radius 2 is 2.03 bits per heavy atom. The minimum absolute atomic E-state index is 0.00834. The Kier molecular flexibility index (Phi) is 6.63. The van der Waals surface area contributed by atoms with Crippen LogP contribution in [-0.2, 0) is 29.7 Å². The van der Waals surface area contributed by atoms with Gasteiger partial charge in [-0.1, -0.05) is 29.3 Å². The molecule has 0 N–H and O–H groups in total. The Labute approximate surface area is 185 Å². The lowest BCUT2D eigenvalue weighted by atomic mass is 10.1. The summed E-state index contributed by atoms with van der Waals surface area (Å²) in [6, 6.07) is 9.08. The zero-order valence-electron chi connectivity index (χ0n) is 16.4. The predicted molar refractivity (Wildman–Crippen MR) is 110 cm³/mol. The molecule has 0 aliphatic heterocycles. The molecule has 160 valence electrons. The van der Waals surface area contributed by atoms with Gasteiger partial charge in [-0.3, -0.25) is 9.36 Å². The molecule has 1 heterocycles. The molecule has 0 spiro atoms. The van der Waals surface area contributed by atoms with Crippen LogP contribution in [0.5, 0.6) is 11.5 Å². The molecule has 0 saturated heterocycles. The third-order valence-corrected chi connectivity index (χ3v) is 4.73. The third-order valence-electron chi connectivity index (χ3n) is 4.22. The second-order valence-corrected chi connectivity index (χ2v) is 7.28. The van der Waals surface area contributed by atoms with Crippen LogP contribution in [0.15, 0.2) is 35.1 Å². The van der Waals surface area contributed by atoms with Crippen LogP contribution in [0, 0.1) is 17.1 Å². The Morgan fingerprint density at radius 3 is 2.71 bits per heavy atom. The van der Waals surface area contributed by atoms with Gasteiger partial charge in [0.05, 0.1) is 16.7 Å². The first-order chi connectivity index (χ1) is 14.7. The van der Waals surface area contributed by atoms with Gasteiger partial charge in [0.25, 0.3) is 0 Å². The number of nitrogens with zero attached hydrogens (tertiary/aromatic N) is 4. The minimum Gasteiger partial charge on any atom is -0.453 e. The minimum atomic E-state index is -0.757. The second kappa shape index (κ2) is 9.20. The number of halogens is 3. The van der Waals surface area contributed by atoms with Gasteiger partial charge in [0.15, 0.2) is 18.3 Å². The standard InChI is InChI=1S/C20H15Cl2FN4O4/c1-11(28)30-10-27-20(29)26(2)17(25-27)7-13-3-4-16(22)19(18(13)23)31-15-6-12(9-24)5-14(21)8-15/h3-6,8H,7,10H2,1-2H3. The SMILES string of the molecule is CC(=O)OCn1nc(Cc2ccc(Cl)c(Oc3cc(Cl)cc(C#N)c3)c2F)n(C)c1=O. The number of esters is 1. The molecule has 0 aliphatic carbocycles. The van der Waals surface area contributed by atoms with Crippen LogP contribution in [0.2, 0.25) is 10.0 Å². The van der Waals surface area contributed by atoms with Gasteiger partial charge in [-0.05, 0) is 29.8 Å². The van der Waals surface area contributed by atoms with Crippen molar-refractivity contribution in [1.29, 1.82) is 5.26 Å². The molecule has 0 radical (unpaired) electrons. The van der Waals surface area contributed by atoms with Crippen LogP contribution in [0.4, 0.5) is 4.39 Å². The third kappa shape index (κ3) is 5.05. The molecule has 8 nitrogen and oxygen atoms in total. The Hall–Kier alpha value is -3.35. The molecule has 2 aromatic carbocycles. The lowest BCUT2D eigenvalue weighted by molar-refractivity contribution is -0.145. The van der Waals surface area contributed by atoms with E-state index >= 15 is 4.39 Å². The molecule has 1 aromatic heterocycles. The molecule has 11 heteroatoms. The first kappa shape index (κ1) is 22.3. The predicted octanol–water partition coefficient (Wildman–Crippen LogP) is 3.80. The summed E-state index contributed by atoms with van der Waals surface area (Å²) >= 11 is 12.1. The number of nitriles is 1. The van der Waals surface area contributed by atoms with E-state index in [0.717, 1.165) is 4.68 Å². The quantitative estimate of drug-likeness (QED) is 0.514. The molecular weight excluding hydrogens is 450 g/mol. The Balaban J connectivity index is 1.92. The summed E-state index contributed by atoms with van der Waals surface area (Å²) in [6.45, 7) is 0.856. The molecule has 0 unspecified atom stereocenters. The summed E-state index contributed by atoms with van der Waals surface area (Å²) < 4.78 is 27.7. The fourth-order valence-corrected chi connectivity index (χ4v) is 3.11. The van der Waals surface area contributed by atoms with Gasteiger partial charge < -0.3 is 9.47 Å². The van der Waals surface area contributed by atoms with Crippen molar-refractivity contribution >= 4 is 29.2 Å². The molecule has 31 heavy (non-hydrogen) atoms. The molecule has 3 rings (SSSR count). The van der Waals surface area contributed by atoms with E-state index in [1.54, 1.807) is 0 Å². The number of carbonyl (C=O) groups is 1. The van der Waals surface area contributed by atoms with Crippen LogP contribution in [0.3, 0.4) is 0 Å². The van der Waals surface area contributed by atoms with Crippen LogP contribution in [0.25, 0.3) is 0 Å². The zero-order valence-corrected chi connectivity index (χ0v) is 17.9. The van der Waals surface area contributed by atoms with Crippen molar-refractivity contribution in [1.82, 2.24) is 14.3 Å². The fourth-order valence-electron chi connectivity index (χ4n) is 2.70. The highest BCUT2D eigenvalue weighted by atomic mass is 35.5. The first-order valence-corrected chi connectivity index (χ1v) is 9.56. The van der Waals surface area contributed by atoms with Gasteiger partial charge >= 0.3 is 11.7 Å². The summed E-state index contributed by atoms with van der Waals surface area (Å²) in [4.78, 5) is 23.2. The number of hydrogen-bond acceptors (Lipinski definition) is 6. The number of hydrogen-bond donors (Lipinski definition) is 0. The van der Waals surface area contributed by atoms with E-state index in [2.05, 4.69) is 5.10 Å². The maximum Gasteiger partial charge on any atom is 0.348 e. The van der Waals surface area contributed by atoms with E-state index in [1.165, 1.54) is 48.9 Å². The molecule has 0 fully saturated rings. The van der Waals surface area contributed by atoms with Crippen LogP contribution < -0.4 is 10.4 Å². The normalized spacial score (nSPS) is 10.6. The van der Waals surface area contributed by atoms with Crippen molar-refractivity contribution in [3.8, 4) is 17.6 Å². The van der Waals surface area contributed by atoms with Gasteiger partial charge in [-0.15, -0.1) is 0 Å². The fraction of sp³-hybridized carbons (Fsp3) is 0.200. The summed E-state index contributed by atoms with van der Waals surface area (Å²) in [5.74, 6) is -1.20. The number of benzene rings is 2. The number of carbonyl (C=O) groups excluding carboxylic acids is 1. The second-order valence-electron chi connectivity index (χ2n) is 6.44. The first-order valence-electron chi connectivity index (χ1n) is 8.81. The van der Waals surface area contributed by atoms with Crippen molar-refractivity contribution < 1.29 is 18.7 Å². The van der Waals surface area contributed by atoms with Gasteiger partial charge in [0, 0.05) is 25.4 Å². The Bertz CT molecular complexity index is 1260. The topological polar surface area (TPSA) is 99.1 Å². The summed E-state index contributed by atoms with van der Waals surface area (Å²) in [5, 5.41) is 13.4. The van der Waals surface area contributed by atoms with Crippen molar-refractivity contribution in [3.05, 3.63) is 73.6 Å². The summed E-state index contributed by atoms with van der Waals surface area (Å²) in [7, 11) is 1.47. The summed E-state index contributed by atoms with van der Waals surface area (Å²) in [6.07, 6.45) is -0.0584. The maximum atomic E-state index is 15.2. The molecule has 0 aliphatic rings. The van der Waals surface area contributed by atoms with Crippen molar-refractivity contribution in [2.45, 2.75) is 20.1 Å². The highest BCUT2D eigenvalue weighted by Gasteiger charge is 2.19. The zero-order chi connectivity index (χ0) is 22.7. The monoisotopic (exact) mass is 464 g/mol. The number of aromatic nitrogens is 3. The molecule has 0 saturated carbocycles. The van der Waals surface area contributed by atoms with E-state index in [1.807, 2.05) is 6.07 Å². The largest absolute Gasteiger partial charge is 0.453 e. The maximum absolute atomic E-state index is 15.2. The van der Waals surface area contributed by atoms with Gasteiger partial charge in [0.2, 0.25) is 0 Å². The molecular formula is C20H15Cl2FN4O4. The van der Waals surface area contributed by atoms with Crippen molar-refractivity contribution in [3.63, 3.8) is 0 Å². The van der Waals surface area contributed by atoms with E-state index in [-0.39, 0.29) is 51.6 Å².